The van der Waals surface area contributed by atoms with Crippen LogP contribution in [-0.2, 0) is 6.54 Å². The van der Waals surface area contributed by atoms with Crippen molar-refractivity contribution in [3.63, 3.8) is 0 Å². The third kappa shape index (κ3) is 1.75. The maximum absolute atomic E-state index is 5.73. The van der Waals surface area contributed by atoms with Gasteiger partial charge in [-0.3, -0.25) is 0 Å². The Kier molecular flexibility index (Phi) is 2.46. The van der Waals surface area contributed by atoms with E-state index in [2.05, 4.69) is 37.1 Å². The van der Waals surface area contributed by atoms with E-state index in [-0.39, 0.29) is 0 Å². The lowest BCUT2D eigenvalue weighted by Crippen LogP contribution is -2.21. The molecule has 0 saturated heterocycles. The monoisotopic (exact) mass is 190 g/mol. The van der Waals surface area contributed by atoms with Crippen molar-refractivity contribution in [1.82, 2.24) is 0 Å². The Morgan fingerprint density at radius 3 is 2.71 bits per heavy atom. The van der Waals surface area contributed by atoms with Crippen LogP contribution in [0.2, 0.25) is 0 Å². The molecular weight excluding hydrogens is 172 g/mol. The minimum Gasteiger partial charge on any atom is -0.371 e. The van der Waals surface area contributed by atoms with Gasteiger partial charge in [-0.2, -0.15) is 0 Å². The zero-order valence-electron chi connectivity index (χ0n) is 8.96. The number of hydrogen-bond acceptors (Lipinski definition) is 2. The van der Waals surface area contributed by atoms with Crippen LogP contribution >= 0.6 is 0 Å². The number of anilines is 1. The first kappa shape index (κ1) is 9.53. The second kappa shape index (κ2) is 3.62. The average Bonchev–Trinajstić information content (AvgIpc) is 3.00. The topological polar surface area (TPSA) is 29.3 Å². The van der Waals surface area contributed by atoms with Gasteiger partial charge in [0.2, 0.25) is 0 Å². The van der Waals surface area contributed by atoms with Crippen LogP contribution in [0.1, 0.15) is 24.0 Å². The van der Waals surface area contributed by atoms with Gasteiger partial charge in [-0.15, -0.1) is 0 Å². The van der Waals surface area contributed by atoms with Crippen molar-refractivity contribution in [3.05, 3.63) is 29.3 Å². The van der Waals surface area contributed by atoms with Crippen LogP contribution in [0.5, 0.6) is 0 Å². The van der Waals surface area contributed by atoms with E-state index in [0.29, 0.717) is 6.54 Å². The molecule has 1 aliphatic carbocycles. The Morgan fingerprint density at radius 2 is 2.14 bits per heavy atom. The number of nitrogens with zero attached hydrogens (tertiary/aromatic N) is 1. The van der Waals surface area contributed by atoms with E-state index in [1.54, 1.807) is 0 Å². The summed E-state index contributed by atoms with van der Waals surface area (Å²) in [4.78, 5) is 2.37. The van der Waals surface area contributed by atoms with E-state index in [1.807, 2.05) is 0 Å². The largest absolute Gasteiger partial charge is 0.371 e. The van der Waals surface area contributed by atoms with Crippen molar-refractivity contribution < 1.29 is 0 Å². The van der Waals surface area contributed by atoms with Gasteiger partial charge in [-0.05, 0) is 37.0 Å². The number of nitrogens with two attached hydrogens (primary N) is 1. The fourth-order valence-electron chi connectivity index (χ4n) is 1.83. The molecule has 0 heterocycles. The Labute approximate surface area is 85.7 Å². The first-order valence-corrected chi connectivity index (χ1v) is 5.25. The fourth-order valence-corrected chi connectivity index (χ4v) is 1.83. The molecule has 0 aliphatic heterocycles. The second-order valence-electron chi connectivity index (χ2n) is 4.18. The van der Waals surface area contributed by atoms with Gasteiger partial charge in [0.1, 0.15) is 0 Å². The summed E-state index contributed by atoms with van der Waals surface area (Å²) in [5.74, 6) is 0. The Morgan fingerprint density at radius 1 is 1.43 bits per heavy atom. The molecule has 2 rings (SSSR count). The van der Waals surface area contributed by atoms with Crippen LogP contribution in [-0.4, -0.2) is 13.1 Å². The van der Waals surface area contributed by atoms with E-state index >= 15 is 0 Å². The van der Waals surface area contributed by atoms with Crippen LogP contribution < -0.4 is 10.6 Å². The normalized spacial score (nSPS) is 15.6. The molecule has 0 radical (unpaired) electrons. The molecule has 1 aromatic rings. The highest BCUT2D eigenvalue weighted by Crippen LogP contribution is 2.32. The Hall–Kier alpha value is -1.02. The smallest absolute Gasteiger partial charge is 0.0414 e. The van der Waals surface area contributed by atoms with Crippen LogP contribution in [0.4, 0.5) is 5.69 Å². The highest BCUT2D eigenvalue weighted by Gasteiger charge is 2.27. The van der Waals surface area contributed by atoms with Gasteiger partial charge in [0, 0.05) is 25.3 Å². The van der Waals surface area contributed by atoms with E-state index in [1.165, 1.54) is 29.7 Å². The highest BCUT2D eigenvalue weighted by atomic mass is 15.2. The minimum absolute atomic E-state index is 0.632. The van der Waals surface area contributed by atoms with Gasteiger partial charge in [0.05, 0.1) is 0 Å². The van der Waals surface area contributed by atoms with Gasteiger partial charge < -0.3 is 10.6 Å². The van der Waals surface area contributed by atoms with Gasteiger partial charge in [-0.25, -0.2) is 0 Å². The lowest BCUT2D eigenvalue weighted by atomic mass is 10.1. The van der Waals surface area contributed by atoms with Crippen molar-refractivity contribution in [2.24, 2.45) is 5.73 Å². The quantitative estimate of drug-likeness (QED) is 0.790. The molecule has 1 fully saturated rings. The maximum atomic E-state index is 5.73. The zero-order chi connectivity index (χ0) is 10.1. The third-order valence-corrected chi connectivity index (χ3v) is 2.94. The zero-order valence-corrected chi connectivity index (χ0v) is 8.96. The lowest BCUT2D eigenvalue weighted by molar-refractivity contribution is 0.897. The summed E-state index contributed by atoms with van der Waals surface area (Å²) in [6.07, 6.45) is 2.66. The molecule has 1 aromatic carbocycles. The summed E-state index contributed by atoms with van der Waals surface area (Å²) in [6.45, 7) is 2.76. The summed E-state index contributed by atoms with van der Waals surface area (Å²) >= 11 is 0. The van der Waals surface area contributed by atoms with Crippen molar-refractivity contribution in [2.45, 2.75) is 32.4 Å². The maximum Gasteiger partial charge on any atom is 0.0414 e. The Bertz CT molecular complexity index is 329. The van der Waals surface area contributed by atoms with E-state index in [0.717, 1.165) is 6.04 Å². The van der Waals surface area contributed by atoms with Crippen LogP contribution in [0.25, 0.3) is 0 Å². The van der Waals surface area contributed by atoms with Gasteiger partial charge in [-0.1, -0.05) is 12.1 Å². The molecule has 2 nitrogen and oxygen atoms in total. The molecule has 14 heavy (non-hydrogen) atoms. The predicted octanol–water partition coefficient (Wildman–Crippen LogP) is 2.05. The summed E-state index contributed by atoms with van der Waals surface area (Å²) in [5, 5.41) is 0. The predicted molar refractivity (Wildman–Crippen MR) is 60.5 cm³/mol. The summed E-state index contributed by atoms with van der Waals surface area (Å²) < 4.78 is 0. The SMILES string of the molecule is Cc1ccc(CN)c(N(C)C2CC2)c1. The molecule has 1 aliphatic rings. The minimum atomic E-state index is 0.632. The molecule has 0 spiro atoms. The van der Waals surface area contributed by atoms with Crippen molar-refractivity contribution in [2.75, 3.05) is 11.9 Å². The first-order chi connectivity index (χ1) is 6.72. The van der Waals surface area contributed by atoms with Crippen LogP contribution in [0.3, 0.4) is 0 Å². The molecule has 76 valence electrons. The molecule has 0 bridgehead atoms. The van der Waals surface area contributed by atoms with E-state index in [9.17, 15) is 0 Å². The third-order valence-electron chi connectivity index (χ3n) is 2.94. The number of hydrogen-bond donors (Lipinski definition) is 1. The van der Waals surface area contributed by atoms with Crippen LogP contribution in [0, 0.1) is 6.92 Å². The molecule has 0 aromatic heterocycles. The standard InChI is InChI=1S/C12H18N2/c1-9-3-4-10(8-13)12(7-9)14(2)11-5-6-11/h3-4,7,11H,5-6,8,13H2,1-2H3. The molecule has 0 atom stereocenters. The van der Waals surface area contributed by atoms with Gasteiger partial charge in [0.15, 0.2) is 0 Å². The van der Waals surface area contributed by atoms with Gasteiger partial charge in [0.25, 0.3) is 0 Å². The lowest BCUT2D eigenvalue weighted by Gasteiger charge is -2.22. The molecule has 1 saturated carbocycles. The molecule has 0 amide bonds. The highest BCUT2D eigenvalue weighted by molar-refractivity contribution is 5.56. The summed E-state index contributed by atoms with van der Waals surface area (Å²) in [6, 6.07) is 7.26. The first-order valence-electron chi connectivity index (χ1n) is 5.25. The van der Waals surface area contributed by atoms with Gasteiger partial charge >= 0.3 is 0 Å². The summed E-state index contributed by atoms with van der Waals surface area (Å²) in [7, 11) is 2.17. The van der Waals surface area contributed by atoms with Crippen molar-refractivity contribution >= 4 is 5.69 Å². The molecule has 2 heteroatoms. The average molecular weight is 190 g/mol. The number of rotatable bonds is 3. The number of benzene rings is 1. The fraction of sp³-hybridized carbons (Fsp3) is 0.500. The van der Waals surface area contributed by atoms with E-state index in [4.69, 9.17) is 5.73 Å². The van der Waals surface area contributed by atoms with Crippen molar-refractivity contribution in [1.29, 1.82) is 0 Å². The van der Waals surface area contributed by atoms with Crippen molar-refractivity contribution in [3.8, 4) is 0 Å². The Balaban J connectivity index is 2.32. The van der Waals surface area contributed by atoms with Crippen LogP contribution in [0.15, 0.2) is 18.2 Å². The van der Waals surface area contributed by atoms with E-state index < -0.39 is 0 Å². The molecule has 0 unspecified atom stereocenters. The summed E-state index contributed by atoms with van der Waals surface area (Å²) in [5.41, 5.74) is 9.61. The molecule has 2 N–H and O–H groups in total. The number of aryl methyl sites for hydroxylation is 1. The molecular formula is C12H18N2. The second-order valence-corrected chi connectivity index (χ2v) is 4.18.